The zero-order valence-electron chi connectivity index (χ0n) is 6.80. The van der Waals surface area contributed by atoms with Crippen molar-refractivity contribution >= 4 is 17.3 Å². The van der Waals surface area contributed by atoms with Crippen LogP contribution in [0.3, 0.4) is 0 Å². The average molecular weight is 190 g/mol. The first-order chi connectivity index (χ1) is 4.46. The molecular weight excluding hydrogens is 180 g/mol. The van der Waals surface area contributed by atoms with Crippen LogP contribution >= 0.6 is 0 Å². The predicted molar refractivity (Wildman–Crippen MR) is 35.5 cm³/mol. The van der Waals surface area contributed by atoms with Crippen LogP contribution in [0.4, 0.5) is 0 Å². The third kappa shape index (κ3) is 4.22. The molecule has 0 aromatic heterocycles. The van der Waals surface area contributed by atoms with Crippen molar-refractivity contribution in [1.29, 1.82) is 0 Å². The van der Waals surface area contributed by atoms with Crippen LogP contribution < -0.4 is 0 Å². The van der Waals surface area contributed by atoms with E-state index < -0.39 is 5.92 Å². The number of ketones is 3. The number of carbonyl (C=O) groups is 3. The molecule has 0 N–H and O–H groups in total. The van der Waals surface area contributed by atoms with Crippen molar-refractivity contribution in [3.8, 4) is 0 Å². The number of Topliss-reactive ketones (excluding diaryl/α,β-unsaturated/α-hetero) is 3. The zero-order valence-corrected chi connectivity index (χ0v) is 8.36. The van der Waals surface area contributed by atoms with E-state index >= 15 is 0 Å². The fraction of sp³-hybridized carbons (Fsp3) is 0.571. The third-order valence-corrected chi connectivity index (χ3v) is 1.22. The van der Waals surface area contributed by atoms with E-state index in [1.165, 1.54) is 20.8 Å². The van der Waals surface area contributed by atoms with Gasteiger partial charge in [0.2, 0.25) is 0 Å². The summed E-state index contributed by atoms with van der Waals surface area (Å²) in [6.07, 6.45) is 0. The summed E-state index contributed by atoms with van der Waals surface area (Å²) in [6.45, 7) is 3.73. The normalized spacial score (nSPS) is 8.73. The Bertz CT molecular complexity index is 153. The van der Waals surface area contributed by atoms with Gasteiger partial charge in [0.15, 0.2) is 0 Å². The molecule has 58 valence electrons. The summed E-state index contributed by atoms with van der Waals surface area (Å²) in [5, 5.41) is 0. The maximum atomic E-state index is 10.6. The summed E-state index contributed by atoms with van der Waals surface area (Å²) in [7, 11) is 0. The zero-order chi connectivity index (χ0) is 8.31. The molecule has 0 bridgehead atoms. The van der Waals surface area contributed by atoms with Gasteiger partial charge in [0.05, 0.1) is 0 Å². The van der Waals surface area contributed by atoms with Crippen LogP contribution in [0.2, 0.25) is 0 Å². The Morgan fingerprint density at radius 3 is 1.00 bits per heavy atom. The maximum Gasteiger partial charge on any atom is 2.00 e. The minimum atomic E-state index is -1.03. The standard InChI is InChI=1S/C7H10O3.Ti/c1-4(8)7(5(2)9)6(3)10;/h7H,1-3H3;/q;+2. The summed E-state index contributed by atoms with van der Waals surface area (Å²) in [6, 6.07) is 0. The van der Waals surface area contributed by atoms with E-state index in [-0.39, 0.29) is 39.1 Å². The number of rotatable bonds is 3. The Kier molecular flexibility index (Phi) is 6.52. The monoisotopic (exact) mass is 190 g/mol. The molecule has 0 aliphatic heterocycles. The first-order valence-electron chi connectivity index (χ1n) is 2.98. The molecule has 0 atom stereocenters. The van der Waals surface area contributed by atoms with Gasteiger partial charge in [0.1, 0.15) is 23.3 Å². The van der Waals surface area contributed by atoms with Gasteiger partial charge in [-0.05, 0) is 20.8 Å². The van der Waals surface area contributed by atoms with Crippen LogP contribution in [-0.2, 0) is 36.1 Å². The molecule has 0 radical (unpaired) electrons. The Hall–Kier alpha value is -0.276. The van der Waals surface area contributed by atoms with Gasteiger partial charge in [-0.1, -0.05) is 0 Å². The second kappa shape index (κ2) is 5.38. The second-order valence-electron chi connectivity index (χ2n) is 2.26. The van der Waals surface area contributed by atoms with Crippen molar-refractivity contribution in [2.24, 2.45) is 5.92 Å². The molecule has 0 fully saturated rings. The van der Waals surface area contributed by atoms with Crippen LogP contribution in [0.15, 0.2) is 0 Å². The van der Waals surface area contributed by atoms with Gasteiger partial charge < -0.3 is 0 Å². The van der Waals surface area contributed by atoms with Crippen molar-refractivity contribution in [3.05, 3.63) is 0 Å². The van der Waals surface area contributed by atoms with Crippen molar-refractivity contribution in [2.45, 2.75) is 20.8 Å². The average Bonchev–Trinajstić information content (AvgIpc) is 1.59. The van der Waals surface area contributed by atoms with Gasteiger partial charge in [-0.15, -0.1) is 0 Å². The molecule has 0 rings (SSSR count). The molecule has 11 heavy (non-hydrogen) atoms. The van der Waals surface area contributed by atoms with Crippen LogP contribution in [0.5, 0.6) is 0 Å². The largest absolute Gasteiger partial charge is 2.00 e. The molecule has 0 heterocycles. The van der Waals surface area contributed by atoms with E-state index in [9.17, 15) is 14.4 Å². The van der Waals surface area contributed by atoms with Gasteiger partial charge in [-0.25, -0.2) is 0 Å². The van der Waals surface area contributed by atoms with Gasteiger partial charge in [-0.2, -0.15) is 0 Å². The molecule has 3 nitrogen and oxygen atoms in total. The first-order valence-corrected chi connectivity index (χ1v) is 2.98. The fourth-order valence-electron chi connectivity index (χ4n) is 0.859. The minimum Gasteiger partial charge on any atom is -0.299 e. The summed E-state index contributed by atoms with van der Waals surface area (Å²) < 4.78 is 0. The molecule has 0 aliphatic rings. The molecule has 0 aromatic rings. The topological polar surface area (TPSA) is 51.2 Å². The van der Waals surface area contributed by atoms with Crippen LogP contribution in [0.1, 0.15) is 20.8 Å². The van der Waals surface area contributed by atoms with E-state index in [1.807, 2.05) is 0 Å². The van der Waals surface area contributed by atoms with E-state index in [0.29, 0.717) is 0 Å². The first kappa shape index (κ1) is 13.3. The van der Waals surface area contributed by atoms with E-state index in [2.05, 4.69) is 0 Å². The predicted octanol–water partition coefficient (Wildman–Crippen LogP) is 0.367. The second-order valence-corrected chi connectivity index (χ2v) is 2.26. The fourth-order valence-corrected chi connectivity index (χ4v) is 0.859. The SMILES string of the molecule is CC(=O)C(C(C)=O)C(C)=O.[Ti+2]. The quantitative estimate of drug-likeness (QED) is 0.477. The number of hydrogen-bond donors (Lipinski definition) is 0. The Morgan fingerprint density at radius 1 is 0.818 bits per heavy atom. The molecule has 0 aromatic carbocycles. The number of hydrogen-bond acceptors (Lipinski definition) is 3. The van der Waals surface area contributed by atoms with Gasteiger partial charge in [-0.3, -0.25) is 14.4 Å². The van der Waals surface area contributed by atoms with E-state index in [0.717, 1.165) is 0 Å². The number of carbonyl (C=O) groups excluding carboxylic acids is 3. The molecule has 0 aliphatic carbocycles. The third-order valence-electron chi connectivity index (χ3n) is 1.22. The van der Waals surface area contributed by atoms with Crippen LogP contribution in [-0.4, -0.2) is 17.3 Å². The van der Waals surface area contributed by atoms with Crippen molar-refractivity contribution in [2.75, 3.05) is 0 Å². The van der Waals surface area contributed by atoms with Crippen LogP contribution in [0, 0.1) is 5.92 Å². The summed E-state index contributed by atoms with van der Waals surface area (Å²) >= 11 is 0. The van der Waals surface area contributed by atoms with Crippen molar-refractivity contribution in [3.63, 3.8) is 0 Å². The van der Waals surface area contributed by atoms with E-state index in [1.54, 1.807) is 0 Å². The van der Waals surface area contributed by atoms with Gasteiger partial charge >= 0.3 is 21.7 Å². The summed E-state index contributed by atoms with van der Waals surface area (Å²) in [5.74, 6) is -2.15. The molecule has 0 saturated carbocycles. The molecule has 0 saturated heterocycles. The summed E-state index contributed by atoms with van der Waals surface area (Å²) in [4.78, 5) is 31.8. The molecule has 0 spiro atoms. The minimum absolute atomic E-state index is 0. The Labute approximate surface area is 80.4 Å². The maximum absolute atomic E-state index is 10.6. The molecular formula is C7H10O3Ti+2. The Morgan fingerprint density at radius 2 is 1.00 bits per heavy atom. The molecule has 4 heteroatoms. The summed E-state index contributed by atoms with van der Waals surface area (Å²) in [5.41, 5.74) is 0. The van der Waals surface area contributed by atoms with Crippen molar-refractivity contribution in [1.82, 2.24) is 0 Å². The van der Waals surface area contributed by atoms with Crippen molar-refractivity contribution < 1.29 is 36.1 Å². The van der Waals surface area contributed by atoms with E-state index in [4.69, 9.17) is 0 Å². The smallest absolute Gasteiger partial charge is 0.299 e. The van der Waals surface area contributed by atoms with Crippen LogP contribution in [0.25, 0.3) is 0 Å². The van der Waals surface area contributed by atoms with Gasteiger partial charge in [0.25, 0.3) is 0 Å². The Balaban J connectivity index is 0. The van der Waals surface area contributed by atoms with Gasteiger partial charge in [0, 0.05) is 0 Å². The molecule has 0 unspecified atom stereocenters. The molecule has 0 amide bonds.